The van der Waals surface area contributed by atoms with Gasteiger partial charge in [-0.05, 0) is 43.2 Å². The topological polar surface area (TPSA) is 126 Å². The fourth-order valence-corrected chi connectivity index (χ4v) is 3.43. The van der Waals surface area contributed by atoms with Gasteiger partial charge in [-0.3, -0.25) is 0 Å². The van der Waals surface area contributed by atoms with E-state index in [-0.39, 0.29) is 22.8 Å². The minimum atomic E-state index is -4.01. The van der Waals surface area contributed by atoms with Gasteiger partial charge in [-0.15, -0.1) is 0 Å². The molecule has 1 heterocycles. The number of hydrogen-bond donors (Lipinski definition) is 1. The van der Waals surface area contributed by atoms with Gasteiger partial charge < -0.3 is 13.9 Å². The van der Waals surface area contributed by atoms with E-state index in [1.165, 1.54) is 25.3 Å². The molecule has 152 valence electrons. The highest BCUT2D eigenvalue weighted by Crippen LogP contribution is 2.26. The third-order valence-corrected chi connectivity index (χ3v) is 5.51. The first-order valence-corrected chi connectivity index (χ1v) is 10.1. The summed E-state index contributed by atoms with van der Waals surface area (Å²) >= 11 is 0. The summed E-state index contributed by atoms with van der Waals surface area (Å²) in [6.45, 7) is 3.51. The molecule has 3 aromatic rings. The number of hydrogen-bond acceptors (Lipinski definition) is 7. The Morgan fingerprint density at radius 3 is 2.52 bits per heavy atom. The number of primary sulfonamides is 1. The zero-order valence-corrected chi connectivity index (χ0v) is 16.8. The van der Waals surface area contributed by atoms with Crippen molar-refractivity contribution in [3.05, 3.63) is 69.1 Å². The Hall–Kier alpha value is -3.17. The first-order valence-electron chi connectivity index (χ1n) is 8.52. The Bertz CT molecular complexity index is 1280. The third kappa shape index (κ3) is 4.15. The van der Waals surface area contributed by atoms with Gasteiger partial charge in [0, 0.05) is 17.0 Å². The molecule has 8 nitrogen and oxygen atoms in total. The van der Waals surface area contributed by atoms with E-state index in [9.17, 15) is 18.0 Å². The van der Waals surface area contributed by atoms with Crippen LogP contribution in [0.1, 0.15) is 27.0 Å². The lowest BCUT2D eigenvalue weighted by molar-refractivity contribution is 0.0470. The Kier molecular flexibility index (Phi) is 5.45. The minimum Gasteiger partial charge on any atom is -0.496 e. The van der Waals surface area contributed by atoms with Gasteiger partial charge in [0.05, 0.1) is 12.0 Å². The van der Waals surface area contributed by atoms with Crippen LogP contribution in [0.3, 0.4) is 0 Å². The van der Waals surface area contributed by atoms with E-state index >= 15 is 0 Å². The van der Waals surface area contributed by atoms with E-state index in [4.69, 9.17) is 19.0 Å². The molecule has 0 aliphatic carbocycles. The summed E-state index contributed by atoms with van der Waals surface area (Å²) in [4.78, 5) is 24.3. The second kappa shape index (κ2) is 7.69. The molecule has 2 aromatic carbocycles. The van der Waals surface area contributed by atoms with Crippen molar-refractivity contribution in [3.63, 3.8) is 0 Å². The molecule has 29 heavy (non-hydrogen) atoms. The van der Waals surface area contributed by atoms with Gasteiger partial charge in [0.1, 0.15) is 23.5 Å². The number of benzene rings is 2. The van der Waals surface area contributed by atoms with Gasteiger partial charge in [-0.1, -0.05) is 12.1 Å². The minimum absolute atomic E-state index is 0.0988. The van der Waals surface area contributed by atoms with Crippen molar-refractivity contribution in [2.75, 3.05) is 7.11 Å². The molecule has 2 N–H and O–H groups in total. The number of fused-ring (bicyclic) bond motifs is 1. The molecule has 0 aliphatic heterocycles. The highest BCUT2D eigenvalue weighted by molar-refractivity contribution is 7.89. The molecule has 0 bridgehead atoms. The Labute approximate surface area is 166 Å². The van der Waals surface area contributed by atoms with E-state index in [1.807, 2.05) is 19.9 Å². The van der Waals surface area contributed by atoms with E-state index in [0.717, 1.165) is 17.2 Å². The van der Waals surface area contributed by atoms with E-state index < -0.39 is 21.6 Å². The smallest absolute Gasteiger partial charge is 0.342 e. The van der Waals surface area contributed by atoms with Crippen LogP contribution >= 0.6 is 0 Å². The van der Waals surface area contributed by atoms with Crippen LogP contribution < -0.4 is 15.5 Å². The molecule has 0 unspecified atom stereocenters. The normalized spacial score (nSPS) is 11.4. The number of nitrogens with two attached hydrogens (primary N) is 1. The number of carbonyl (C=O) groups is 1. The third-order valence-electron chi connectivity index (χ3n) is 4.60. The first-order chi connectivity index (χ1) is 13.6. The van der Waals surface area contributed by atoms with Crippen LogP contribution in [-0.4, -0.2) is 21.5 Å². The molecule has 0 amide bonds. The molecule has 0 spiro atoms. The second-order valence-corrected chi connectivity index (χ2v) is 8.02. The number of carbonyl (C=O) groups excluding carboxylic acids is 1. The highest BCUT2D eigenvalue weighted by Gasteiger charge is 2.19. The van der Waals surface area contributed by atoms with Crippen molar-refractivity contribution in [1.82, 2.24) is 0 Å². The van der Waals surface area contributed by atoms with Gasteiger partial charge >= 0.3 is 11.6 Å². The molecular formula is C20H19NO7S. The molecule has 0 fully saturated rings. The fraction of sp³-hybridized carbons (Fsp3) is 0.200. The largest absolute Gasteiger partial charge is 0.496 e. The summed E-state index contributed by atoms with van der Waals surface area (Å²) < 4.78 is 38.9. The van der Waals surface area contributed by atoms with Crippen molar-refractivity contribution < 1.29 is 27.1 Å². The van der Waals surface area contributed by atoms with Crippen LogP contribution in [0.25, 0.3) is 11.0 Å². The first kappa shape index (κ1) is 20.6. The number of methoxy groups -OCH3 is 1. The Morgan fingerprint density at radius 2 is 1.86 bits per heavy atom. The predicted octanol–water partition coefficient (Wildman–Crippen LogP) is 2.42. The molecule has 0 saturated heterocycles. The van der Waals surface area contributed by atoms with Crippen LogP contribution in [0.5, 0.6) is 5.75 Å². The molecule has 1 aromatic heterocycles. The van der Waals surface area contributed by atoms with Crippen molar-refractivity contribution in [2.45, 2.75) is 25.3 Å². The number of esters is 1. The zero-order valence-electron chi connectivity index (χ0n) is 16.0. The van der Waals surface area contributed by atoms with Crippen molar-refractivity contribution >= 4 is 27.0 Å². The quantitative estimate of drug-likeness (QED) is 0.499. The lowest BCUT2D eigenvalue weighted by Crippen LogP contribution is -2.14. The van der Waals surface area contributed by atoms with Gasteiger partial charge in [0.15, 0.2) is 0 Å². The second-order valence-electron chi connectivity index (χ2n) is 6.46. The summed E-state index contributed by atoms with van der Waals surface area (Å²) in [6, 6.07) is 8.54. The summed E-state index contributed by atoms with van der Waals surface area (Å²) in [5.41, 5.74) is 2.01. The molecule has 3 rings (SSSR count). The van der Waals surface area contributed by atoms with Crippen LogP contribution in [0.2, 0.25) is 0 Å². The maximum Gasteiger partial charge on any atom is 0.342 e. The zero-order chi connectivity index (χ0) is 21.3. The standard InChI is InChI=1S/C20H19NO7S/c1-11-4-6-15-13(8-18(22)28-19(15)12(11)2)10-27-20(23)16-9-14(29(21,24)25)5-7-17(16)26-3/h4-9H,10H2,1-3H3,(H2,21,24,25). The molecule has 0 saturated carbocycles. The summed E-state index contributed by atoms with van der Waals surface area (Å²) in [7, 11) is -2.67. The number of sulfonamides is 1. The van der Waals surface area contributed by atoms with Crippen molar-refractivity contribution in [3.8, 4) is 5.75 Å². The highest BCUT2D eigenvalue weighted by atomic mass is 32.2. The fourth-order valence-electron chi connectivity index (χ4n) is 2.89. The van der Waals surface area contributed by atoms with Crippen LogP contribution in [-0.2, 0) is 21.4 Å². The Morgan fingerprint density at radius 1 is 1.14 bits per heavy atom. The van der Waals surface area contributed by atoms with Gasteiger partial charge in [0.25, 0.3) is 0 Å². The summed E-state index contributed by atoms with van der Waals surface area (Å²) in [6.07, 6.45) is 0. The number of rotatable bonds is 5. The van der Waals surface area contributed by atoms with E-state index in [1.54, 1.807) is 6.07 Å². The maximum absolute atomic E-state index is 12.6. The molecule has 0 atom stereocenters. The van der Waals surface area contributed by atoms with Gasteiger partial charge in [-0.2, -0.15) is 0 Å². The lowest BCUT2D eigenvalue weighted by atomic mass is 10.0. The predicted molar refractivity (Wildman–Crippen MR) is 105 cm³/mol. The molecule has 0 radical (unpaired) electrons. The Balaban J connectivity index is 1.96. The monoisotopic (exact) mass is 417 g/mol. The van der Waals surface area contributed by atoms with E-state index in [2.05, 4.69) is 0 Å². The summed E-state index contributed by atoms with van der Waals surface area (Å²) in [5.74, 6) is -0.691. The van der Waals surface area contributed by atoms with Gasteiger partial charge in [-0.25, -0.2) is 23.1 Å². The van der Waals surface area contributed by atoms with Crippen LogP contribution in [0, 0.1) is 13.8 Å². The van der Waals surface area contributed by atoms with Gasteiger partial charge in [0.2, 0.25) is 10.0 Å². The molecule has 9 heteroatoms. The average molecular weight is 417 g/mol. The molecule has 0 aliphatic rings. The summed E-state index contributed by atoms with van der Waals surface area (Å²) in [5, 5.41) is 5.77. The van der Waals surface area contributed by atoms with Crippen LogP contribution in [0.15, 0.2) is 50.5 Å². The SMILES string of the molecule is COc1ccc(S(N)(=O)=O)cc1C(=O)OCc1cc(=O)oc2c(C)c(C)ccc12. The van der Waals surface area contributed by atoms with Crippen molar-refractivity contribution in [2.24, 2.45) is 5.14 Å². The molecular weight excluding hydrogens is 398 g/mol. The number of ether oxygens (including phenoxy) is 2. The maximum atomic E-state index is 12.6. The lowest BCUT2D eigenvalue weighted by Gasteiger charge is -2.12. The number of aryl methyl sites for hydroxylation is 2. The average Bonchev–Trinajstić information content (AvgIpc) is 2.67. The van der Waals surface area contributed by atoms with Crippen LogP contribution in [0.4, 0.5) is 0 Å². The van der Waals surface area contributed by atoms with E-state index in [0.29, 0.717) is 16.5 Å². The van der Waals surface area contributed by atoms with Crippen molar-refractivity contribution in [1.29, 1.82) is 0 Å².